The molecule has 0 fully saturated rings. The molecule has 3 heteroatoms. The number of rotatable bonds is 7. The zero-order valence-corrected chi connectivity index (χ0v) is 11.1. The van der Waals surface area contributed by atoms with Crippen molar-refractivity contribution in [3.05, 3.63) is 0 Å². The third-order valence-electron chi connectivity index (χ3n) is 2.26. The standard InChI is InChI=1S/C11H24O2Si/c1-5-7-9-11(12)13-14(3,4)10-8-6-2/h5-10H2,1-4H3. The second kappa shape index (κ2) is 7.04. The van der Waals surface area contributed by atoms with Gasteiger partial charge in [-0.15, -0.1) is 0 Å². The second-order valence-corrected chi connectivity index (χ2v) is 8.66. The topological polar surface area (TPSA) is 26.3 Å². The van der Waals surface area contributed by atoms with Crippen molar-refractivity contribution in [2.45, 2.75) is 65.1 Å². The Balaban J connectivity index is 3.76. The van der Waals surface area contributed by atoms with Gasteiger partial charge in [-0.25, -0.2) is 0 Å². The molecule has 0 aliphatic heterocycles. The number of unbranched alkanes of at least 4 members (excludes halogenated alkanes) is 2. The molecule has 0 atom stereocenters. The monoisotopic (exact) mass is 216 g/mol. The van der Waals surface area contributed by atoms with Gasteiger partial charge in [-0.05, 0) is 25.6 Å². The molecule has 0 aliphatic rings. The van der Waals surface area contributed by atoms with Crippen molar-refractivity contribution in [3.8, 4) is 0 Å². The minimum atomic E-state index is -1.69. The van der Waals surface area contributed by atoms with E-state index in [1.165, 1.54) is 12.8 Å². The average Bonchev–Trinajstić information content (AvgIpc) is 2.11. The molecule has 0 heterocycles. The lowest BCUT2D eigenvalue weighted by molar-refractivity contribution is -0.135. The van der Waals surface area contributed by atoms with Crippen LogP contribution in [0.15, 0.2) is 0 Å². The largest absolute Gasteiger partial charge is 0.520 e. The van der Waals surface area contributed by atoms with Crippen molar-refractivity contribution in [1.29, 1.82) is 0 Å². The summed E-state index contributed by atoms with van der Waals surface area (Å²) < 4.78 is 5.54. The Morgan fingerprint density at radius 3 is 2.21 bits per heavy atom. The Morgan fingerprint density at radius 2 is 1.71 bits per heavy atom. The molecule has 14 heavy (non-hydrogen) atoms. The Morgan fingerprint density at radius 1 is 1.14 bits per heavy atom. The lowest BCUT2D eigenvalue weighted by Crippen LogP contribution is -2.33. The van der Waals surface area contributed by atoms with Crippen LogP contribution in [0.1, 0.15) is 46.0 Å². The molecular weight excluding hydrogens is 192 g/mol. The third-order valence-corrected chi connectivity index (χ3v) is 4.59. The quantitative estimate of drug-likeness (QED) is 0.606. The zero-order chi connectivity index (χ0) is 11.0. The summed E-state index contributed by atoms with van der Waals surface area (Å²) in [5.74, 6) is 0.0135. The van der Waals surface area contributed by atoms with E-state index in [-0.39, 0.29) is 5.97 Å². The first-order chi connectivity index (χ1) is 6.52. The van der Waals surface area contributed by atoms with Crippen LogP contribution < -0.4 is 0 Å². The Bertz CT molecular complexity index is 167. The van der Waals surface area contributed by atoms with Crippen LogP contribution in [0.3, 0.4) is 0 Å². The molecule has 2 nitrogen and oxygen atoms in total. The van der Waals surface area contributed by atoms with E-state index in [2.05, 4.69) is 26.9 Å². The summed E-state index contributed by atoms with van der Waals surface area (Å²) in [5, 5.41) is 0. The highest BCUT2D eigenvalue weighted by Crippen LogP contribution is 2.16. The van der Waals surface area contributed by atoms with Crippen LogP contribution in [0.4, 0.5) is 0 Å². The number of hydrogen-bond donors (Lipinski definition) is 0. The average molecular weight is 216 g/mol. The first-order valence-corrected chi connectivity index (χ1v) is 8.85. The SMILES string of the molecule is CCCCC(=O)O[Si](C)(C)CCCC. The molecule has 0 saturated carbocycles. The van der Waals surface area contributed by atoms with Crippen molar-refractivity contribution in [1.82, 2.24) is 0 Å². The molecule has 0 spiro atoms. The first kappa shape index (κ1) is 13.7. The lowest BCUT2D eigenvalue weighted by atomic mass is 10.3. The van der Waals surface area contributed by atoms with E-state index >= 15 is 0 Å². The smallest absolute Gasteiger partial charge is 0.292 e. The van der Waals surface area contributed by atoms with Gasteiger partial charge in [0.05, 0.1) is 0 Å². The molecule has 84 valence electrons. The van der Waals surface area contributed by atoms with Gasteiger partial charge in [0, 0.05) is 6.42 Å². The van der Waals surface area contributed by atoms with Crippen molar-refractivity contribution in [2.75, 3.05) is 0 Å². The molecule has 0 rings (SSSR count). The molecule has 0 unspecified atom stereocenters. The van der Waals surface area contributed by atoms with Crippen LogP contribution >= 0.6 is 0 Å². The summed E-state index contributed by atoms with van der Waals surface area (Å²) in [7, 11) is -1.69. The van der Waals surface area contributed by atoms with E-state index in [1.54, 1.807) is 0 Å². The molecule has 0 aromatic carbocycles. The van der Waals surface area contributed by atoms with Crippen molar-refractivity contribution in [2.24, 2.45) is 0 Å². The van der Waals surface area contributed by atoms with Crippen LogP contribution in [-0.2, 0) is 9.22 Å². The number of hydrogen-bond acceptors (Lipinski definition) is 2. The lowest BCUT2D eigenvalue weighted by Gasteiger charge is -2.22. The highest BCUT2D eigenvalue weighted by Gasteiger charge is 2.25. The summed E-state index contributed by atoms with van der Waals surface area (Å²) in [6, 6.07) is 1.10. The van der Waals surface area contributed by atoms with E-state index in [9.17, 15) is 4.79 Å². The zero-order valence-electron chi connectivity index (χ0n) is 10.1. The van der Waals surface area contributed by atoms with Crippen LogP contribution in [0.25, 0.3) is 0 Å². The van der Waals surface area contributed by atoms with Crippen LogP contribution in [-0.4, -0.2) is 14.3 Å². The van der Waals surface area contributed by atoms with Crippen LogP contribution in [0, 0.1) is 0 Å². The van der Waals surface area contributed by atoms with Crippen molar-refractivity contribution in [3.63, 3.8) is 0 Å². The summed E-state index contributed by atoms with van der Waals surface area (Å²) in [6.45, 7) is 8.52. The molecule has 0 bridgehead atoms. The molecule has 0 radical (unpaired) electrons. The Labute approximate surface area is 89.2 Å². The van der Waals surface area contributed by atoms with Gasteiger partial charge in [0.25, 0.3) is 5.97 Å². The van der Waals surface area contributed by atoms with Gasteiger partial charge in [0.2, 0.25) is 8.32 Å². The van der Waals surface area contributed by atoms with Crippen LogP contribution in [0.5, 0.6) is 0 Å². The minimum absolute atomic E-state index is 0.0135. The van der Waals surface area contributed by atoms with Crippen LogP contribution in [0.2, 0.25) is 19.1 Å². The van der Waals surface area contributed by atoms with Gasteiger partial charge in [-0.1, -0.05) is 33.1 Å². The number of carbonyl (C=O) groups excluding carboxylic acids is 1. The maximum absolute atomic E-state index is 11.4. The van der Waals surface area contributed by atoms with E-state index in [4.69, 9.17) is 4.43 Å². The van der Waals surface area contributed by atoms with E-state index in [0.29, 0.717) is 6.42 Å². The fourth-order valence-corrected chi connectivity index (χ4v) is 3.36. The van der Waals surface area contributed by atoms with Gasteiger partial charge in [0.15, 0.2) is 0 Å². The highest BCUT2D eigenvalue weighted by molar-refractivity contribution is 6.72. The van der Waals surface area contributed by atoms with E-state index in [0.717, 1.165) is 18.9 Å². The predicted octanol–water partition coefficient (Wildman–Crippen LogP) is 3.73. The van der Waals surface area contributed by atoms with E-state index < -0.39 is 8.32 Å². The maximum Gasteiger partial charge on any atom is 0.292 e. The molecule has 0 amide bonds. The molecular formula is C11H24O2Si. The summed E-state index contributed by atoms with van der Waals surface area (Å²) in [6.07, 6.45) is 4.98. The van der Waals surface area contributed by atoms with Gasteiger partial charge in [-0.2, -0.15) is 0 Å². The molecule has 0 N–H and O–H groups in total. The van der Waals surface area contributed by atoms with Gasteiger partial charge in [-0.3, -0.25) is 4.79 Å². The Hall–Kier alpha value is -0.313. The minimum Gasteiger partial charge on any atom is -0.520 e. The fourth-order valence-electron chi connectivity index (χ4n) is 1.33. The first-order valence-electron chi connectivity index (χ1n) is 5.73. The van der Waals surface area contributed by atoms with Crippen molar-refractivity contribution < 1.29 is 9.22 Å². The summed E-state index contributed by atoms with van der Waals surface area (Å²) in [4.78, 5) is 11.4. The summed E-state index contributed by atoms with van der Waals surface area (Å²) in [5.41, 5.74) is 0. The van der Waals surface area contributed by atoms with Crippen molar-refractivity contribution >= 4 is 14.3 Å². The summed E-state index contributed by atoms with van der Waals surface area (Å²) >= 11 is 0. The van der Waals surface area contributed by atoms with Gasteiger partial charge >= 0.3 is 0 Å². The predicted molar refractivity (Wildman–Crippen MR) is 62.8 cm³/mol. The second-order valence-electron chi connectivity index (χ2n) is 4.44. The maximum atomic E-state index is 11.4. The normalized spacial score (nSPS) is 11.4. The molecule has 0 aromatic heterocycles. The fraction of sp³-hybridized carbons (Fsp3) is 0.909. The Kier molecular flexibility index (Phi) is 6.88. The number of carbonyl (C=O) groups is 1. The van der Waals surface area contributed by atoms with E-state index in [1.807, 2.05) is 0 Å². The third kappa shape index (κ3) is 7.13. The molecule has 0 saturated heterocycles. The molecule has 0 aliphatic carbocycles. The highest BCUT2D eigenvalue weighted by atomic mass is 28.4. The molecule has 0 aromatic rings. The van der Waals surface area contributed by atoms with Gasteiger partial charge < -0.3 is 4.43 Å². The van der Waals surface area contributed by atoms with Gasteiger partial charge in [0.1, 0.15) is 0 Å².